The first-order valence-corrected chi connectivity index (χ1v) is 9.97. The minimum atomic E-state index is -0.651. The molecule has 6 nitrogen and oxygen atoms in total. The van der Waals surface area contributed by atoms with Crippen LogP contribution in [0.2, 0.25) is 5.02 Å². The van der Waals surface area contributed by atoms with E-state index < -0.39 is 6.10 Å². The standard InChI is InChI=1S/C21H23ClN2O4/c1-13-20(28-18-5-3-2-4-17(18)26-13)21(25)24-15-7-9-16(10-8-15)27-19-11-6-14(22)12-23-19/h2-6,11-13,15-16,20H,7-10H2,1H3,(H,24,25). The number of nitrogens with one attached hydrogen (secondary N) is 1. The summed E-state index contributed by atoms with van der Waals surface area (Å²) in [6, 6.07) is 11.1. The molecule has 2 aliphatic rings. The minimum absolute atomic E-state index is 0.0990. The van der Waals surface area contributed by atoms with E-state index in [4.69, 9.17) is 25.8 Å². The predicted molar refractivity (Wildman–Crippen MR) is 105 cm³/mol. The molecule has 148 valence electrons. The molecular weight excluding hydrogens is 380 g/mol. The van der Waals surface area contributed by atoms with Crippen molar-refractivity contribution in [2.24, 2.45) is 0 Å². The van der Waals surface area contributed by atoms with Gasteiger partial charge in [-0.05, 0) is 50.8 Å². The lowest BCUT2D eigenvalue weighted by Crippen LogP contribution is -2.52. The number of hydrogen-bond acceptors (Lipinski definition) is 5. The Morgan fingerprint density at radius 1 is 1.11 bits per heavy atom. The van der Waals surface area contributed by atoms with Crippen LogP contribution in [-0.4, -0.2) is 35.2 Å². The van der Waals surface area contributed by atoms with E-state index in [9.17, 15) is 4.79 Å². The molecule has 1 aliphatic carbocycles. The van der Waals surface area contributed by atoms with E-state index in [1.54, 1.807) is 18.3 Å². The molecule has 2 aromatic rings. The molecule has 1 amide bonds. The number of carbonyl (C=O) groups excluding carboxylic acids is 1. The van der Waals surface area contributed by atoms with Gasteiger partial charge in [0.25, 0.3) is 5.91 Å². The number of fused-ring (bicyclic) bond motifs is 1. The summed E-state index contributed by atoms with van der Waals surface area (Å²) in [4.78, 5) is 16.9. The summed E-state index contributed by atoms with van der Waals surface area (Å²) in [5.74, 6) is 1.73. The maximum atomic E-state index is 12.7. The topological polar surface area (TPSA) is 69.7 Å². The number of para-hydroxylation sites is 2. The van der Waals surface area contributed by atoms with Crippen molar-refractivity contribution in [1.29, 1.82) is 0 Å². The monoisotopic (exact) mass is 402 g/mol. The lowest BCUT2D eigenvalue weighted by Gasteiger charge is -2.34. The van der Waals surface area contributed by atoms with E-state index in [0.29, 0.717) is 22.4 Å². The number of rotatable bonds is 4. The van der Waals surface area contributed by atoms with Crippen molar-refractivity contribution in [1.82, 2.24) is 10.3 Å². The van der Waals surface area contributed by atoms with E-state index in [0.717, 1.165) is 25.7 Å². The fourth-order valence-corrected chi connectivity index (χ4v) is 3.73. The minimum Gasteiger partial charge on any atom is -0.482 e. The highest BCUT2D eigenvalue weighted by molar-refractivity contribution is 6.30. The van der Waals surface area contributed by atoms with Crippen molar-refractivity contribution in [3.63, 3.8) is 0 Å². The van der Waals surface area contributed by atoms with E-state index in [2.05, 4.69) is 10.3 Å². The zero-order chi connectivity index (χ0) is 19.5. The van der Waals surface area contributed by atoms with E-state index in [1.807, 2.05) is 31.2 Å². The molecule has 1 fully saturated rings. The Kier molecular flexibility index (Phi) is 5.57. The predicted octanol–water partition coefficient (Wildman–Crippen LogP) is 3.77. The summed E-state index contributed by atoms with van der Waals surface area (Å²) < 4.78 is 17.6. The smallest absolute Gasteiger partial charge is 0.265 e. The van der Waals surface area contributed by atoms with E-state index in [-0.39, 0.29) is 24.2 Å². The second-order valence-electron chi connectivity index (χ2n) is 7.22. The number of amides is 1. The van der Waals surface area contributed by atoms with Gasteiger partial charge in [0.15, 0.2) is 11.5 Å². The van der Waals surface area contributed by atoms with Crippen LogP contribution in [-0.2, 0) is 4.79 Å². The molecule has 2 heterocycles. The molecule has 0 radical (unpaired) electrons. The molecule has 0 bridgehead atoms. The fourth-order valence-electron chi connectivity index (χ4n) is 3.62. The number of hydrogen-bond donors (Lipinski definition) is 1. The van der Waals surface area contributed by atoms with Gasteiger partial charge in [0.1, 0.15) is 12.2 Å². The SMILES string of the molecule is CC1Oc2ccccc2OC1C(=O)NC1CCC(Oc2ccc(Cl)cn2)CC1. The normalized spacial score (nSPS) is 26.4. The molecule has 1 aromatic heterocycles. The maximum Gasteiger partial charge on any atom is 0.265 e. The molecule has 1 N–H and O–H groups in total. The Morgan fingerprint density at radius 3 is 2.50 bits per heavy atom. The van der Waals surface area contributed by atoms with Crippen LogP contribution in [0.4, 0.5) is 0 Å². The summed E-state index contributed by atoms with van der Waals surface area (Å²) >= 11 is 5.85. The van der Waals surface area contributed by atoms with Crippen molar-refractivity contribution in [2.45, 2.75) is 57.0 Å². The summed E-state index contributed by atoms with van der Waals surface area (Å²) in [6.45, 7) is 1.85. The van der Waals surface area contributed by atoms with Gasteiger partial charge in [0.2, 0.25) is 12.0 Å². The summed E-state index contributed by atoms with van der Waals surface area (Å²) in [7, 11) is 0. The average Bonchev–Trinajstić information content (AvgIpc) is 2.70. The van der Waals surface area contributed by atoms with Gasteiger partial charge in [-0.15, -0.1) is 0 Å². The van der Waals surface area contributed by atoms with Gasteiger partial charge in [0, 0.05) is 18.3 Å². The van der Waals surface area contributed by atoms with Crippen LogP contribution in [0.3, 0.4) is 0 Å². The van der Waals surface area contributed by atoms with Crippen LogP contribution in [0.5, 0.6) is 17.4 Å². The van der Waals surface area contributed by atoms with Gasteiger partial charge >= 0.3 is 0 Å². The van der Waals surface area contributed by atoms with Crippen LogP contribution in [0.15, 0.2) is 42.6 Å². The zero-order valence-electron chi connectivity index (χ0n) is 15.6. The molecule has 2 atom stereocenters. The first-order chi connectivity index (χ1) is 13.6. The number of carbonyl (C=O) groups is 1. The number of pyridine rings is 1. The lowest BCUT2D eigenvalue weighted by atomic mass is 9.92. The fraction of sp³-hybridized carbons (Fsp3) is 0.429. The molecular formula is C21H23ClN2O4. The lowest BCUT2D eigenvalue weighted by molar-refractivity contribution is -0.134. The van der Waals surface area contributed by atoms with E-state index >= 15 is 0 Å². The van der Waals surface area contributed by atoms with Crippen LogP contribution in [0, 0.1) is 0 Å². The molecule has 4 rings (SSSR count). The zero-order valence-corrected chi connectivity index (χ0v) is 16.4. The second-order valence-corrected chi connectivity index (χ2v) is 7.66. The highest BCUT2D eigenvalue weighted by Crippen LogP contribution is 2.33. The van der Waals surface area contributed by atoms with Gasteiger partial charge in [-0.2, -0.15) is 0 Å². The molecule has 7 heteroatoms. The average molecular weight is 403 g/mol. The van der Waals surface area contributed by atoms with Gasteiger partial charge in [-0.3, -0.25) is 4.79 Å². The Labute approximate surface area is 169 Å². The molecule has 0 spiro atoms. The number of aromatic nitrogens is 1. The van der Waals surface area contributed by atoms with Crippen molar-refractivity contribution in [2.75, 3.05) is 0 Å². The van der Waals surface area contributed by atoms with Crippen molar-refractivity contribution >= 4 is 17.5 Å². The van der Waals surface area contributed by atoms with Gasteiger partial charge in [-0.25, -0.2) is 4.98 Å². The number of benzene rings is 1. The molecule has 28 heavy (non-hydrogen) atoms. The van der Waals surface area contributed by atoms with Gasteiger partial charge in [-0.1, -0.05) is 23.7 Å². The number of ether oxygens (including phenoxy) is 3. The quantitative estimate of drug-likeness (QED) is 0.843. The van der Waals surface area contributed by atoms with Crippen LogP contribution in [0.25, 0.3) is 0 Å². The first kappa shape index (κ1) is 18.9. The van der Waals surface area contributed by atoms with Crippen LogP contribution < -0.4 is 19.5 Å². The van der Waals surface area contributed by atoms with Gasteiger partial charge < -0.3 is 19.5 Å². The summed E-state index contributed by atoms with van der Waals surface area (Å²) in [5.41, 5.74) is 0. The molecule has 0 saturated heterocycles. The Balaban J connectivity index is 1.27. The Hall–Kier alpha value is -2.47. The summed E-state index contributed by atoms with van der Waals surface area (Å²) in [6.07, 6.45) is 4.10. The molecule has 1 aliphatic heterocycles. The second kappa shape index (κ2) is 8.27. The highest BCUT2D eigenvalue weighted by atomic mass is 35.5. The highest BCUT2D eigenvalue weighted by Gasteiger charge is 2.35. The van der Waals surface area contributed by atoms with Crippen LogP contribution >= 0.6 is 11.6 Å². The largest absolute Gasteiger partial charge is 0.482 e. The Bertz CT molecular complexity index is 821. The van der Waals surface area contributed by atoms with E-state index in [1.165, 1.54) is 0 Å². The number of halogens is 1. The third-order valence-corrected chi connectivity index (χ3v) is 5.33. The van der Waals surface area contributed by atoms with Gasteiger partial charge in [0.05, 0.1) is 5.02 Å². The van der Waals surface area contributed by atoms with Crippen LogP contribution in [0.1, 0.15) is 32.6 Å². The molecule has 2 unspecified atom stereocenters. The third kappa shape index (κ3) is 4.33. The summed E-state index contributed by atoms with van der Waals surface area (Å²) in [5, 5.41) is 3.70. The third-order valence-electron chi connectivity index (χ3n) is 5.11. The Morgan fingerprint density at radius 2 is 1.82 bits per heavy atom. The maximum absolute atomic E-state index is 12.7. The number of nitrogens with zero attached hydrogens (tertiary/aromatic N) is 1. The van der Waals surface area contributed by atoms with Crippen molar-refractivity contribution in [3.05, 3.63) is 47.6 Å². The first-order valence-electron chi connectivity index (χ1n) is 9.59. The van der Waals surface area contributed by atoms with Crippen molar-refractivity contribution in [3.8, 4) is 17.4 Å². The van der Waals surface area contributed by atoms with Crippen molar-refractivity contribution < 1.29 is 19.0 Å². The molecule has 1 saturated carbocycles. The molecule has 1 aromatic carbocycles.